The third-order valence-corrected chi connectivity index (χ3v) is 8.38. The molecule has 3 aromatic rings. The van der Waals surface area contributed by atoms with Crippen LogP contribution in [0.1, 0.15) is 46.4 Å². The van der Waals surface area contributed by atoms with Crippen molar-refractivity contribution in [1.82, 2.24) is 31.3 Å². The Balaban J connectivity index is 0.948. The van der Waals surface area contributed by atoms with Crippen molar-refractivity contribution in [3.63, 3.8) is 0 Å². The van der Waals surface area contributed by atoms with Gasteiger partial charge in [0.05, 0.1) is 28.2 Å². The van der Waals surface area contributed by atoms with E-state index in [1.807, 2.05) is 12.1 Å². The number of benzene rings is 2. The van der Waals surface area contributed by atoms with Crippen molar-refractivity contribution < 1.29 is 29.0 Å². The Labute approximate surface area is 270 Å². The number of aromatic hydroxyl groups is 1. The van der Waals surface area contributed by atoms with E-state index < -0.39 is 29.7 Å². The summed E-state index contributed by atoms with van der Waals surface area (Å²) in [6.45, 7) is 4.89. The van der Waals surface area contributed by atoms with Crippen molar-refractivity contribution in [3.05, 3.63) is 71.9 Å². The second-order valence-electron chi connectivity index (χ2n) is 11.5. The topological polar surface area (TPSA) is 204 Å². The first-order chi connectivity index (χ1) is 22.7. The van der Waals surface area contributed by atoms with Gasteiger partial charge in [-0.05, 0) is 56.0 Å². The molecule has 4 amide bonds. The van der Waals surface area contributed by atoms with Gasteiger partial charge in [0.15, 0.2) is 5.82 Å². The molecule has 1 atom stereocenters. The Morgan fingerprint density at radius 3 is 2.57 bits per heavy atom. The summed E-state index contributed by atoms with van der Waals surface area (Å²) in [6.07, 6.45) is 2.32. The molecule has 15 heteroatoms. The predicted molar refractivity (Wildman–Crippen MR) is 172 cm³/mol. The molecule has 0 spiro atoms. The van der Waals surface area contributed by atoms with E-state index in [9.17, 15) is 24.3 Å². The van der Waals surface area contributed by atoms with Crippen LogP contribution in [-0.4, -0.2) is 82.3 Å². The minimum atomic E-state index is -0.945. The normalized spacial score (nSPS) is 18.3. The SMILES string of the molecule is C=C1CCC(N2C(=O)c3cccc(NC(=O)COCNNC4CCN(c5cc(-c6ccccc6O)nnc5N)CC4)c3C2=O)C(=O)N1. The minimum Gasteiger partial charge on any atom is -0.507 e. The lowest BCUT2D eigenvalue weighted by Gasteiger charge is -2.34. The number of piperidine rings is 2. The molecule has 244 valence electrons. The smallest absolute Gasteiger partial charge is 0.264 e. The van der Waals surface area contributed by atoms with Crippen LogP contribution in [0.4, 0.5) is 17.2 Å². The summed E-state index contributed by atoms with van der Waals surface area (Å²) in [5, 5.41) is 23.7. The second kappa shape index (κ2) is 13.5. The molecule has 1 aromatic heterocycles. The quantitative estimate of drug-likeness (QED) is 0.0807. The molecule has 0 radical (unpaired) electrons. The van der Waals surface area contributed by atoms with Gasteiger partial charge >= 0.3 is 0 Å². The highest BCUT2D eigenvalue weighted by atomic mass is 16.5. The molecular formula is C32H35N9O6. The van der Waals surface area contributed by atoms with Crippen molar-refractivity contribution in [1.29, 1.82) is 0 Å². The van der Waals surface area contributed by atoms with Crippen LogP contribution < -0.4 is 32.1 Å². The Kier molecular flexibility index (Phi) is 9.10. The van der Waals surface area contributed by atoms with E-state index in [1.54, 1.807) is 24.3 Å². The molecule has 2 fully saturated rings. The molecule has 7 N–H and O–H groups in total. The number of amides is 4. The zero-order chi connectivity index (χ0) is 33.1. The number of carbonyl (C=O) groups excluding carboxylic acids is 4. The molecule has 3 aliphatic rings. The van der Waals surface area contributed by atoms with Gasteiger partial charge in [0.25, 0.3) is 11.8 Å². The summed E-state index contributed by atoms with van der Waals surface area (Å²) < 4.78 is 5.47. The number of hydrogen-bond acceptors (Lipinski definition) is 12. The lowest BCUT2D eigenvalue weighted by molar-refractivity contribution is -0.125. The van der Waals surface area contributed by atoms with Crippen molar-refractivity contribution in [2.24, 2.45) is 0 Å². The van der Waals surface area contributed by atoms with Crippen LogP contribution in [0.15, 0.2) is 60.8 Å². The molecule has 0 saturated carbocycles. The summed E-state index contributed by atoms with van der Waals surface area (Å²) in [5.41, 5.74) is 15.1. The van der Waals surface area contributed by atoms with E-state index in [4.69, 9.17) is 10.5 Å². The molecule has 3 aliphatic heterocycles. The summed E-state index contributed by atoms with van der Waals surface area (Å²) in [5.74, 6) is -1.75. The van der Waals surface area contributed by atoms with Crippen molar-refractivity contribution in [2.75, 3.05) is 42.4 Å². The number of carbonyl (C=O) groups is 4. The van der Waals surface area contributed by atoms with Gasteiger partial charge in [-0.15, -0.1) is 10.2 Å². The summed E-state index contributed by atoms with van der Waals surface area (Å²) >= 11 is 0. The largest absolute Gasteiger partial charge is 0.507 e. The maximum Gasteiger partial charge on any atom is 0.264 e. The predicted octanol–water partition coefficient (Wildman–Crippen LogP) is 1.50. The molecule has 4 heterocycles. The fourth-order valence-electron chi connectivity index (χ4n) is 6.00. The van der Waals surface area contributed by atoms with Crippen molar-refractivity contribution >= 4 is 40.8 Å². The number of imide groups is 1. The maximum absolute atomic E-state index is 13.3. The number of nitrogens with two attached hydrogens (primary N) is 1. The van der Waals surface area contributed by atoms with Gasteiger partial charge in [0.1, 0.15) is 25.1 Å². The van der Waals surface area contributed by atoms with Gasteiger partial charge in [-0.1, -0.05) is 24.8 Å². The number of phenols is 1. The number of fused-ring (bicyclic) bond motifs is 1. The van der Waals surface area contributed by atoms with Crippen molar-refractivity contribution in [2.45, 2.75) is 37.8 Å². The zero-order valence-corrected chi connectivity index (χ0v) is 25.5. The second-order valence-corrected chi connectivity index (χ2v) is 11.5. The summed E-state index contributed by atoms with van der Waals surface area (Å²) in [4.78, 5) is 54.6. The number of hydrogen-bond donors (Lipinski definition) is 6. The number of allylic oxidation sites excluding steroid dienone is 1. The Morgan fingerprint density at radius 2 is 1.81 bits per heavy atom. The third kappa shape index (κ3) is 6.63. The molecule has 1 unspecified atom stereocenters. The van der Waals surface area contributed by atoms with Crippen LogP contribution in [0.2, 0.25) is 0 Å². The van der Waals surface area contributed by atoms with Gasteiger partial charge in [-0.2, -0.15) is 0 Å². The molecule has 6 rings (SSSR count). The highest BCUT2D eigenvalue weighted by Gasteiger charge is 2.45. The third-order valence-electron chi connectivity index (χ3n) is 8.38. The van der Waals surface area contributed by atoms with E-state index in [2.05, 4.69) is 43.2 Å². The molecular weight excluding hydrogens is 606 g/mol. The van der Waals surface area contributed by atoms with E-state index >= 15 is 0 Å². The Morgan fingerprint density at radius 1 is 1.04 bits per heavy atom. The monoisotopic (exact) mass is 641 g/mol. The number of phenolic OH excluding ortho intramolecular Hbond substituents is 1. The number of rotatable bonds is 10. The van der Waals surface area contributed by atoms with Gasteiger partial charge in [-0.3, -0.25) is 29.5 Å². The first-order valence-electron chi connectivity index (χ1n) is 15.2. The number of ether oxygens (including phenoxy) is 1. The fourth-order valence-corrected chi connectivity index (χ4v) is 6.00. The lowest BCUT2D eigenvalue weighted by atomic mass is 10.0. The number of hydrazine groups is 1. The van der Waals surface area contributed by atoms with Gasteiger partial charge in [0.2, 0.25) is 11.8 Å². The highest BCUT2D eigenvalue weighted by Crippen LogP contribution is 2.34. The number of nitrogen functional groups attached to an aromatic ring is 1. The summed E-state index contributed by atoms with van der Waals surface area (Å²) in [7, 11) is 0. The number of nitrogens with zero attached hydrogens (tertiary/aromatic N) is 4. The fraction of sp³-hybridized carbons (Fsp3) is 0.312. The molecule has 15 nitrogen and oxygen atoms in total. The van der Waals surface area contributed by atoms with Crippen LogP contribution in [0.25, 0.3) is 11.3 Å². The molecule has 47 heavy (non-hydrogen) atoms. The first kappa shape index (κ1) is 31.6. The molecule has 2 aromatic carbocycles. The number of nitrogens with one attached hydrogen (secondary N) is 4. The molecule has 0 aliphatic carbocycles. The Hall–Kier alpha value is -5.38. The Bertz CT molecular complexity index is 1740. The zero-order valence-electron chi connectivity index (χ0n) is 25.5. The van der Waals surface area contributed by atoms with Gasteiger partial charge in [0, 0.05) is 30.4 Å². The van der Waals surface area contributed by atoms with Crippen LogP contribution in [-0.2, 0) is 14.3 Å². The minimum absolute atomic E-state index is 0.0406. The molecule has 2 saturated heterocycles. The maximum atomic E-state index is 13.3. The van der Waals surface area contributed by atoms with Gasteiger partial charge in [-0.25, -0.2) is 5.43 Å². The van der Waals surface area contributed by atoms with Crippen LogP contribution in [0.3, 0.4) is 0 Å². The van der Waals surface area contributed by atoms with Gasteiger partial charge < -0.3 is 31.1 Å². The van der Waals surface area contributed by atoms with E-state index in [1.165, 1.54) is 12.1 Å². The van der Waals surface area contributed by atoms with Crippen LogP contribution in [0, 0.1) is 0 Å². The lowest BCUT2D eigenvalue weighted by Crippen LogP contribution is -2.51. The average molecular weight is 642 g/mol. The van der Waals surface area contributed by atoms with E-state index in [0.717, 1.165) is 23.4 Å². The van der Waals surface area contributed by atoms with Crippen molar-refractivity contribution in [3.8, 4) is 17.0 Å². The van der Waals surface area contributed by atoms with E-state index in [0.29, 0.717) is 42.3 Å². The molecule has 0 bridgehead atoms. The van der Waals surface area contributed by atoms with E-state index in [-0.39, 0.29) is 48.4 Å². The van der Waals surface area contributed by atoms with Crippen LogP contribution >= 0.6 is 0 Å². The number of para-hydroxylation sites is 1. The highest BCUT2D eigenvalue weighted by molar-refractivity contribution is 6.25. The standard InChI is InChI=1S/C32H35N9O6/c1-18-9-10-24(30(44)35-18)41-31(45)21-6-4-7-22(28(21)32(41)46)36-27(43)16-47-17-34-37-19-11-13-40(14-12-19)25-15-23(38-39-29(25)33)20-5-2-3-8-26(20)42/h2-8,15,19,24,34,37,42H,1,9-14,16-17H2,(H2,33,39)(H,35,44)(H,36,43). The number of aromatic nitrogens is 2. The number of anilines is 3. The average Bonchev–Trinajstić information content (AvgIpc) is 3.31. The summed E-state index contributed by atoms with van der Waals surface area (Å²) in [6, 6.07) is 12.6. The van der Waals surface area contributed by atoms with Crippen LogP contribution in [0.5, 0.6) is 5.75 Å². The first-order valence-corrected chi connectivity index (χ1v) is 15.2.